The molecule has 66 heavy (non-hydrogen) atoms. The molecule has 12 unspecified atom stereocenters. The van der Waals surface area contributed by atoms with Crippen molar-refractivity contribution in [3.05, 3.63) is 12.2 Å². The molecule has 0 spiro atoms. The van der Waals surface area contributed by atoms with Gasteiger partial charge in [-0.25, -0.2) is 0 Å². The van der Waals surface area contributed by atoms with Gasteiger partial charge in [-0.3, -0.25) is 4.79 Å². The van der Waals surface area contributed by atoms with E-state index in [1.807, 2.05) is 6.08 Å². The summed E-state index contributed by atoms with van der Waals surface area (Å²) in [6.07, 6.45) is 26.1. The summed E-state index contributed by atoms with van der Waals surface area (Å²) in [7, 11) is 0. The molecule has 0 aromatic carbocycles. The lowest BCUT2D eigenvalue weighted by atomic mass is 9.97. The number of carbonyl (C=O) groups excluding carboxylic acids is 1. The fourth-order valence-electron chi connectivity index (χ4n) is 9.06. The number of aliphatic hydroxyl groups excluding tert-OH is 8. The van der Waals surface area contributed by atoms with E-state index in [2.05, 4.69) is 19.2 Å². The van der Waals surface area contributed by atoms with Crippen LogP contribution in [0, 0.1) is 0 Å². The zero-order valence-electron chi connectivity index (χ0n) is 41.5. The Morgan fingerprint density at radius 2 is 0.939 bits per heavy atom. The van der Waals surface area contributed by atoms with Gasteiger partial charge in [0.15, 0.2) is 12.6 Å². The molecule has 14 heteroatoms. The average molecular weight is 946 g/mol. The van der Waals surface area contributed by atoms with Crippen molar-refractivity contribution in [2.24, 2.45) is 0 Å². The number of amides is 1. The Morgan fingerprint density at radius 1 is 0.530 bits per heavy atom. The van der Waals surface area contributed by atoms with Gasteiger partial charge in [0.1, 0.15) is 48.8 Å². The molecule has 9 N–H and O–H groups in total. The summed E-state index contributed by atoms with van der Waals surface area (Å²) in [5, 5.41) is 86.3. The number of carbonyl (C=O) groups is 1. The van der Waals surface area contributed by atoms with E-state index in [0.717, 1.165) is 51.4 Å². The van der Waals surface area contributed by atoms with E-state index in [1.165, 1.54) is 141 Å². The molecular formula is C52H99NO13. The fraction of sp³-hybridized carbons (Fsp3) is 0.942. The summed E-state index contributed by atoms with van der Waals surface area (Å²) in [4.78, 5) is 13.1. The number of hydrogen-bond acceptors (Lipinski definition) is 13. The summed E-state index contributed by atoms with van der Waals surface area (Å²) in [5.41, 5.74) is 0. The third-order valence-corrected chi connectivity index (χ3v) is 13.5. The van der Waals surface area contributed by atoms with Crippen molar-refractivity contribution >= 4 is 5.91 Å². The molecule has 0 radical (unpaired) electrons. The number of unbranched alkanes of at least 4 members (excludes halogenated alkanes) is 29. The SMILES string of the molecule is CCCCCC/C=C/C(O)C(COC1OC(CO)C(OC2OC(CO)C(O)C(O)C2O)C(O)C1O)NC(=O)CCCCCCCCCCCCCCCCCCCCCCCCCCCC. The molecule has 2 aliphatic rings. The van der Waals surface area contributed by atoms with Gasteiger partial charge in [0.25, 0.3) is 0 Å². The highest BCUT2D eigenvalue weighted by Gasteiger charge is 2.51. The van der Waals surface area contributed by atoms with Gasteiger partial charge in [-0.1, -0.05) is 206 Å². The van der Waals surface area contributed by atoms with Crippen molar-refractivity contribution in [2.75, 3.05) is 19.8 Å². The predicted octanol–water partition coefficient (Wildman–Crippen LogP) is 7.55. The molecule has 1 amide bonds. The first-order chi connectivity index (χ1) is 32.1. The number of aliphatic hydroxyl groups is 8. The van der Waals surface area contributed by atoms with Crippen molar-refractivity contribution in [3.63, 3.8) is 0 Å². The lowest BCUT2D eigenvalue weighted by molar-refractivity contribution is -0.359. The van der Waals surface area contributed by atoms with Crippen LogP contribution in [0.1, 0.15) is 219 Å². The number of hydrogen-bond donors (Lipinski definition) is 9. The molecular weight excluding hydrogens is 847 g/mol. The van der Waals surface area contributed by atoms with Gasteiger partial charge in [-0.15, -0.1) is 0 Å². The van der Waals surface area contributed by atoms with Crippen LogP contribution >= 0.6 is 0 Å². The molecule has 0 saturated carbocycles. The lowest BCUT2D eigenvalue weighted by Crippen LogP contribution is -2.65. The fourth-order valence-corrected chi connectivity index (χ4v) is 9.06. The van der Waals surface area contributed by atoms with Crippen LogP contribution in [0.25, 0.3) is 0 Å². The molecule has 0 aromatic rings. The second-order valence-electron chi connectivity index (χ2n) is 19.4. The molecule has 14 nitrogen and oxygen atoms in total. The normalized spacial score (nSPS) is 26.8. The van der Waals surface area contributed by atoms with E-state index in [-0.39, 0.29) is 18.9 Å². The van der Waals surface area contributed by atoms with Crippen LogP contribution in [0.4, 0.5) is 0 Å². The minimum atomic E-state index is -1.78. The highest BCUT2D eigenvalue weighted by Crippen LogP contribution is 2.30. The maximum Gasteiger partial charge on any atom is 0.220 e. The van der Waals surface area contributed by atoms with E-state index < -0.39 is 86.8 Å². The molecule has 2 aliphatic heterocycles. The Morgan fingerprint density at radius 3 is 1.39 bits per heavy atom. The minimum absolute atomic E-state index is 0.241. The van der Waals surface area contributed by atoms with Crippen LogP contribution < -0.4 is 5.32 Å². The van der Waals surface area contributed by atoms with E-state index in [1.54, 1.807) is 6.08 Å². The van der Waals surface area contributed by atoms with Gasteiger partial charge >= 0.3 is 0 Å². The summed E-state index contributed by atoms with van der Waals surface area (Å²) in [6.45, 7) is 2.71. The quantitative estimate of drug-likeness (QED) is 0.0213. The van der Waals surface area contributed by atoms with Crippen LogP contribution in [0.2, 0.25) is 0 Å². The second-order valence-corrected chi connectivity index (χ2v) is 19.4. The highest BCUT2D eigenvalue weighted by atomic mass is 16.7. The number of nitrogens with one attached hydrogen (secondary N) is 1. The second kappa shape index (κ2) is 39.5. The average Bonchev–Trinajstić information content (AvgIpc) is 3.31. The van der Waals surface area contributed by atoms with Crippen LogP contribution in [0.3, 0.4) is 0 Å². The van der Waals surface area contributed by atoms with E-state index in [4.69, 9.17) is 18.9 Å². The zero-order valence-corrected chi connectivity index (χ0v) is 41.5. The molecule has 0 aromatic heterocycles. The van der Waals surface area contributed by atoms with Gasteiger partial charge in [-0.2, -0.15) is 0 Å². The zero-order chi connectivity index (χ0) is 48.2. The van der Waals surface area contributed by atoms with Crippen molar-refractivity contribution < 1.29 is 64.6 Å². The van der Waals surface area contributed by atoms with Gasteiger partial charge in [0, 0.05) is 6.42 Å². The van der Waals surface area contributed by atoms with Crippen LogP contribution in [-0.2, 0) is 23.7 Å². The third-order valence-electron chi connectivity index (χ3n) is 13.5. The van der Waals surface area contributed by atoms with Crippen LogP contribution in [0.15, 0.2) is 12.2 Å². The summed E-state index contributed by atoms with van der Waals surface area (Å²) in [6, 6.07) is -0.905. The topological polar surface area (TPSA) is 228 Å². The van der Waals surface area contributed by atoms with Gasteiger partial charge in [0.2, 0.25) is 5.91 Å². The Labute approximate surface area is 399 Å². The summed E-state index contributed by atoms with van der Waals surface area (Å²) < 4.78 is 22.6. The minimum Gasteiger partial charge on any atom is -0.394 e. The number of allylic oxidation sites excluding steroid dienone is 1. The molecule has 12 atom stereocenters. The molecule has 390 valence electrons. The lowest BCUT2D eigenvalue weighted by Gasteiger charge is -2.46. The van der Waals surface area contributed by atoms with Crippen molar-refractivity contribution in [1.82, 2.24) is 5.32 Å². The standard InChI is InChI=1S/C52H99NO13/c1-3-5-7-9-11-12-13-14-15-16-17-18-19-20-21-22-23-24-25-26-27-28-29-30-32-34-36-44(57)53-40(41(56)35-33-31-10-8-6-4-2)39-63-51-49(62)47(60)50(43(38-55)65-51)66-52-48(61)46(59)45(58)42(37-54)64-52/h33,35,40-43,45-52,54-56,58-62H,3-32,34,36-39H2,1-2H3,(H,53,57)/b35-33+. The Bertz CT molecular complexity index is 1160. The number of ether oxygens (including phenoxy) is 4. The molecule has 0 aliphatic carbocycles. The first kappa shape index (κ1) is 60.9. The Kier molecular flexibility index (Phi) is 36.4. The largest absolute Gasteiger partial charge is 0.394 e. The van der Waals surface area contributed by atoms with Crippen molar-refractivity contribution in [2.45, 2.75) is 293 Å². The van der Waals surface area contributed by atoms with E-state index >= 15 is 0 Å². The van der Waals surface area contributed by atoms with Gasteiger partial charge in [-0.05, 0) is 19.3 Å². The Balaban J connectivity index is 1.63. The van der Waals surface area contributed by atoms with Crippen LogP contribution in [0.5, 0.6) is 0 Å². The van der Waals surface area contributed by atoms with Gasteiger partial charge in [0.05, 0.1) is 32.0 Å². The monoisotopic (exact) mass is 946 g/mol. The molecule has 2 rings (SSSR count). The van der Waals surface area contributed by atoms with Gasteiger partial charge < -0.3 is 65.1 Å². The molecule has 2 heterocycles. The van der Waals surface area contributed by atoms with Crippen molar-refractivity contribution in [1.29, 1.82) is 0 Å². The maximum absolute atomic E-state index is 13.1. The third kappa shape index (κ3) is 26.1. The Hall–Kier alpha value is -1.27. The smallest absolute Gasteiger partial charge is 0.220 e. The predicted molar refractivity (Wildman–Crippen MR) is 259 cm³/mol. The molecule has 2 saturated heterocycles. The summed E-state index contributed by atoms with van der Waals surface area (Å²) >= 11 is 0. The van der Waals surface area contributed by atoms with E-state index in [9.17, 15) is 45.6 Å². The van der Waals surface area contributed by atoms with Crippen LogP contribution in [-0.4, -0.2) is 140 Å². The van der Waals surface area contributed by atoms with Crippen molar-refractivity contribution in [3.8, 4) is 0 Å². The molecule has 0 bridgehead atoms. The number of rotatable bonds is 42. The first-order valence-corrected chi connectivity index (χ1v) is 26.9. The maximum atomic E-state index is 13.1. The first-order valence-electron chi connectivity index (χ1n) is 26.9. The highest BCUT2D eigenvalue weighted by molar-refractivity contribution is 5.76. The van der Waals surface area contributed by atoms with E-state index in [0.29, 0.717) is 6.42 Å². The molecule has 2 fully saturated rings. The summed E-state index contributed by atoms with van der Waals surface area (Å²) in [5.74, 6) is -0.241.